The summed E-state index contributed by atoms with van der Waals surface area (Å²) in [6.07, 6.45) is 2.59. The lowest BCUT2D eigenvalue weighted by molar-refractivity contribution is 0.188. The molecule has 3 heteroatoms. The van der Waals surface area contributed by atoms with Gasteiger partial charge in [-0.3, -0.25) is 4.90 Å². The summed E-state index contributed by atoms with van der Waals surface area (Å²) in [6, 6.07) is 9.04. The van der Waals surface area contributed by atoms with Crippen LogP contribution in [0, 0.1) is 0 Å². The molecule has 17 heavy (non-hydrogen) atoms. The monoisotopic (exact) mass is 234 g/mol. The van der Waals surface area contributed by atoms with Crippen molar-refractivity contribution >= 4 is 0 Å². The van der Waals surface area contributed by atoms with E-state index in [9.17, 15) is 0 Å². The van der Waals surface area contributed by atoms with Gasteiger partial charge in [0.25, 0.3) is 0 Å². The maximum absolute atomic E-state index is 5.17. The molecule has 1 fully saturated rings. The Balaban J connectivity index is 1.90. The van der Waals surface area contributed by atoms with Gasteiger partial charge in [0.15, 0.2) is 0 Å². The fraction of sp³-hybridized carbons (Fsp3) is 0.571. The Morgan fingerprint density at radius 3 is 2.76 bits per heavy atom. The van der Waals surface area contributed by atoms with E-state index >= 15 is 0 Å². The van der Waals surface area contributed by atoms with E-state index in [2.05, 4.69) is 29.4 Å². The molecule has 2 rings (SSSR count). The Kier molecular flexibility index (Phi) is 4.40. The van der Waals surface area contributed by atoms with E-state index in [1.54, 1.807) is 7.11 Å². The molecule has 1 aromatic rings. The summed E-state index contributed by atoms with van der Waals surface area (Å²) in [5, 5.41) is 3.38. The predicted octanol–water partition coefficient (Wildman–Crippen LogP) is 1.88. The Bertz CT molecular complexity index is 337. The van der Waals surface area contributed by atoms with Gasteiger partial charge in [-0.2, -0.15) is 0 Å². The molecule has 1 aromatic carbocycles. The number of likely N-dealkylation sites (N-methyl/N-ethyl adjacent to an activating group) is 1. The third kappa shape index (κ3) is 3.45. The Morgan fingerprint density at radius 2 is 2.12 bits per heavy atom. The minimum Gasteiger partial charge on any atom is -0.497 e. The maximum Gasteiger partial charge on any atom is 0.118 e. The lowest BCUT2D eigenvalue weighted by Gasteiger charge is -2.32. The van der Waals surface area contributed by atoms with Crippen molar-refractivity contribution in [2.24, 2.45) is 0 Å². The molecule has 1 saturated heterocycles. The average Bonchev–Trinajstić information content (AvgIpc) is 2.40. The number of methoxy groups -OCH3 is 1. The van der Waals surface area contributed by atoms with Crippen LogP contribution in [-0.2, 0) is 6.54 Å². The molecule has 0 aromatic heterocycles. The first kappa shape index (κ1) is 12.4. The standard InChI is InChI=1S/C14H22N2O/c1-15-13-4-3-9-16(11-13)10-12-5-7-14(17-2)8-6-12/h5-8,13,15H,3-4,9-11H2,1-2H3. The topological polar surface area (TPSA) is 24.5 Å². The number of benzene rings is 1. The molecule has 0 saturated carbocycles. The molecular formula is C14H22N2O. The van der Waals surface area contributed by atoms with Gasteiger partial charge in [-0.05, 0) is 44.1 Å². The van der Waals surface area contributed by atoms with Gasteiger partial charge in [-0.25, -0.2) is 0 Å². The van der Waals surface area contributed by atoms with Gasteiger partial charge in [0.05, 0.1) is 7.11 Å². The Labute approximate surface area is 104 Å². The highest BCUT2D eigenvalue weighted by molar-refractivity contribution is 5.27. The third-order valence-electron chi connectivity index (χ3n) is 3.48. The summed E-state index contributed by atoms with van der Waals surface area (Å²) < 4.78 is 5.17. The molecule has 1 N–H and O–H groups in total. The van der Waals surface area contributed by atoms with Crippen molar-refractivity contribution in [1.82, 2.24) is 10.2 Å². The molecule has 0 radical (unpaired) electrons. The predicted molar refractivity (Wildman–Crippen MR) is 70.4 cm³/mol. The van der Waals surface area contributed by atoms with Crippen LogP contribution >= 0.6 is 0 Å². The van der Waals surface area contributed by atoms with E-state index in [1.807, 2.05) is 12.1 Å². The van der Waals surface area contributed by atoms with Gasteiger partial charge in [0.1, 0.15) is 5.75 Å². The molecule has 0 spiro atoms. The van der Waals surface area contributed by atoms with Gasteiger partial charge >= 0.3 is 0 Å². The van der Waals surface area contributed by atoms with Crippen LogP contribution in [0.15, 0.2) is 24.3 Å². The highest BCUT2D eigenvalue weighted by atomic mass is 16.5. The lowest BCUT2D eigenvalue weighted by atomic mass is 10.1. The molecule has 1 aliphatic rings. The Hall–Kier alpha value is -1.06. The first-order valence-corrected chi connectivity index (χ1v) is 6.34. The maximum atomic E-state index is 5.17. The van der Waals surface area contributed by atoms with Crippen molar-refractivity contribution in [2.45, 2.75) is 25.4 Å². The third-order valence-corrected chi connectivity index (χ3v) is 3.48. The average molecular weight is 234 g/mol. The van der Waals surface area contributed by atoms with E-state index in [0.717, 1.165) is 18.8 Å². The summed E-state index contributed by atoms with van der Waals surface area (Å²) in [7, 11) is 3.76. The number of rotatable bonds is 4. The summed E-state index contributed by atoms with van der Waals surface area (Å²) in [6.45, 7) is 3.41. The quantitative estimate of drug-likeness (QED) is 0.861. The second-order valence-electron chi connectivity index (χ2n) is 4.71. The van der Waals surface area contributed by atoms with E-state index < -0.39 is 0 Å². The van der Waals surface area contributed by atoms with Gasteiger partial charge in [0, 0.05) is 19.1 Å². The van der Waals surface area contributed by atoms with E-state index in [4.69, 9.17) is 4.74 Å². The molecule has 94 valence electrons. The van der Waals surface area contributed by atoms with Crippen LogP contribution in [0.3, 0.4) is 0 Å². The SMILES string of the molecule is CNC1CCCN(Cc2ccc(OC)cc2)C1. The second-order valence-corrected chi connectivity index (χ2v) is 4.71. The number of nitrogens with zero attached hydrogens (tertiary/aromatic N) is 1. The summed E-state index contributed by atoms with van der Waals surface area (Å²) in [5.74, 6) is 0.931. The highest BCUT2D eigenvalue weighted by Gasteiger charge is 2.18. The first-order valence-electron chi connectivity index (χ1n) is 6.34. The van der Waals surface area contributed by atoms with Crippen molar-refractivity contribution in [3.8, 4) is 5.75 Å². The van der Waals surface area contributed by atoms with Gasteiger partial charge < -0.3 is 10.1 Å². The molecular weight excluding hydrogens is 212 g/mol. The largest absolute Gasteiger partial charge is 0.497 e. The van der Waals surface area contributed by atoms with Crippen LogP contribution in [0.2, 0.25) is 0 Å². The van der Waals surface area contributed by atoms with Crippen molar-refractivity contribution in [2.75, 3.05) is 27.2 Å². The minimum atomic E-state index is 0.655. The van der Waals surface area contributed by atoms with Crippen molar-refractivity contribution in [3.05, 3.63) is 29.8 Å². The number of nitrogens with one attached hydrogen (secondary N) is 1. The zero-order chi connectivity index (χ0) is 12.1. The molecule has 1 unspecified atom stereocenters. The van der Waals surface area contributed by atoms with Crippen molar-refractivity contribution < 1.29 is 4.74 Å². The van der Waals surface area contributed by atoms with E-state index in [1.165, 1.54) is 24.9 Å². The second kappa shape index (κ2) is 6.03. The van der Waals surface area contributed by atoms with E-state index in [-0.39, 0.29) is 0 Å². The van der Waals surface area contributed by atoms with E-state index in [0.29, 0.717) is 6.04 Å². The molecule has 0 bridgehead atoms. The number of likely N-dealkylation sites (tertiary alicyclic amines) is 1. The van der Waals surface area contributed by atoms with Crippen LogP contribution in [0.5, 0.6) is 5.75 Å². The van der Waals surface area contributed by atoms with Crippen LogP contribution < -0.4 is 10.1 Å². The molecule has 1 heterocycles. The molecule has 3 nitrogen and oxygen atoms in total. The normalized spacial score (nSPS) is 21.4. The zero-order valence-corrected chi connectivity index (χ0v) is 10.8. The Morgan fingerprint density at radius 1 is 1.35 bits per heavy atom. The first-order chi connectivity index (χ1) is 8.31. The molecule has 1 atom stereocenters. The molecule has 0 amide bonds. The van der Waals surface area contributed by atoms with Gasteiger partial charge in [-0.15, -0.1) is 0 Å². The highest BCUT2D eigenvalue weighted by Crippen LogP contribution is 2.16. The smallest absolute Gasteiger partial charge is 0.118 e. The summed E-state index contributed by atoms with van der Waals surface area (Å²) in [4.78, 5) is 2.52. The van der Waals surface area contributed by atoms with Gasteiger partial charge in [-0.1, -0.05) is 12.1 Å². The minimum absolute atomic E-state index is 0.655. The van der Waals surface area contributed by atoms with Crippen molar-refractivity contribution in [1.29, 1.82) is 0 Å². The number of ether oxygens (including phenoxy) is 1. The lowest BCUT2D eigenvalue weighted by Crippen LogP contribution is -2.43. The summed E-state index contributed by atoms with van der Waals surface area (Å²) >= 11 is 0. The zero-order valence-electron chi connectivity index (χ0n) is 10.8. The summed E-state index contributed by atoms with van der Waals surface area (Å²) in [5.41, 5.74) is 1.36. The number of hydrogen-bond donors (Lipinski definition) is 1. The van der Waals surface area contributed by atoms with Gasteiger partial charge in [0.2, 0.25) is 0 Å². The fourth-order valence-electron chi connectivity index (χ4n) is 2.42. The van der Waals surface area contributed by atoms with Crippen LogP contribution in [-0.4, -0.2) is 38.2 Å². The van der Waals surface area contributed by atoms with Crippen molar-refractivity contribution in [3.63, 3.8) is 0 Å². The van der Waals surface area contributed by atoms with Crippen LogP contribution in [0.4, 0.5) is 0 Å². The number of hydrogen-bond acceptors (Lipinski definition) is 3. The fourth-order valence-corrected chi connectivity index (χ4v) is 2.42. The number of piperidine rings is 1. The van der Waals surface area contributed by atoms with Crippen LogP contribution in [0.25, 0.3) is 0 Å². The van der Waals surface area contributed by atoms with Crippen LogP contribution in [0.1, 0.15) is 18.4 Å². The molecule has 1 aliphatic heterocycles. The molecule has 0 aliphatic carbocycles.